The number of pyridine rings is 1. The maximum absolute atomic E-state index is 6.65. The van der Waals surface area contributed by atoms with E-state index in [9.17, 15) is 0 Å². The molecule has 6 rings (SSSR count). The molecule has 0 saturated heterocycles. The van der Waals surface area contributed by atoms with Gasteiger partial charge in [-0.2, -0.15) is 0 Å². The van der Waals surface area contributed by atoms with Crippen LogP contribution >= 0.6 is 0 Å². The summed E-state index contributed by atoms with van der Waals surface area (Å²) in [5.74, 6) is 0. The van der Waals surface area contributed by atoms with Crippen molar-refractivity contribution in [3.63, 3.8) is 0 Å². The zero-order valence-electron chi connectivity index (χ0n) is 19.6. The Kier molecular flexibility index (Phi) is 3.81. The summed E-state index contributed by atoms with van der Waals surface area (Å²) in [6.45, 7) is 11.1. The molecule has 0 fully saturated rings. The third-order valence-corrected chi connectivity index (χ3v) is 7.55. The number of fused-ring (bicyclic) bond motifs is 6. The number of aromatic nitrogens is 1. The molecule has 0 aliphatic heterocycles. The second-order valence-electron chi connectivity index (χ2n) is 9.94. The van der Waals surface area contributed by atoms with E-state index in [2.05, 4.69) is 107 Å². The van der Waals surface area contributed by atoms with Crippen molar-refractivity contribution in [3.05, 3.63) is 88.6 Å². The molecule has 0 N–H and O–H groups in total. The highest BCUT2D eigenvalue weighted by Gasteiger charge is 2.36. The summed E-state index contributed by atoms with van der Waals surface area (Å²) in [7, 11) is 2.12. The SMILES string of the molecule is Cc1cc(-c2c(C)ccc3c2oc2cc4c(cc23)-c2ccccc2C4(C)C)[n+](C)cc1C. The average molecular weight is 419 g/mol. The van der Waals surface area contributed by atoms with E-state index in [1.807, 2.05) is 0 Å². The van der Waals surface area contributed by atoms with Crippen molar-refractivity contribution < 1.29 is 8.98 Å². The molecule has 3 aromatic carbocycles. The van der Waals surface area contributed by atoms with Crippen LogP contribution in [0.3, 0.4) is 0 Å². The van der Waals surface area contributed by atoms with Crippen molar-refractivity contribution in [3.8, 4) is 22.4 Å². The molecule has 0 bridgehead atoms. The molecular weight excluding hydrogens is 390 g/mol. The molecule has 2 aromatic heterocycles. The van der Waals surface area contributed by atoms with Crippen molar-refractivity contribution in [2.24, 2.45) is 7.05 Å². The van der Waals surface area contributed by atoms with E-state index < -0.39 is 0 Å². The van der Waals surface area contributed by atoms with E-state index in [4.69, 9.17) is 4.42 Å². The topological polar surface area (TPSA) is 17.0 Å². The molecule has 0 atom stereocenters. The third kappa shape index (κ3) is 2.44. The fraction of sp³-hybridized carbons (Fsp3) is 0.233. The second-order valence-corrected chi connectivity index (χ2v) is 9.94. The van der Waals surface area contributed by atoms with E-state index >= 15 is 0 Å². The van der Waals surface area contributed by atoms with Crippen LogP contribution in [0.25, 0.3) is 44.3 Å². The van der Waals surface area contributed by atoms with Crippen LogP contribution in [0.4, 0.5) is 0 Å². The number of nitrogens with zero attached hydrogens (tertiary/aromatic N) is 1. The summed E-state index contributed by atoms with van der Waals surface area (Å²) in [4.78, 5) is 0. The van der Waals surface area contributed by atoms with E-state index in [0.29, 0.717) is 0 Å². The minimum absolute atomic E-state index is 0.0294. The minimum atomic E-state index is -0.0294. The summed E-state index contributed by atoms with van der Waals surface area (Å²) in [6.07, 6.45) is 2.21. The van der Waals surface area contributed by atoms with Gasteiger partial charge in [0.15, 0.2) is 6.20 Å². The Morgan fingerprint density at radius 1 is 0.750 bits per heavy atom. The quantitative estimate of drug-likeness (QED) is 0.261. The van der Waals surface area contributed by atoms with Crippen LogP contribution in [0.2, 0.25) is 0 Å². The largest absolute Gasteiger partial charge is 0.455 e. The molecule has 2 nitrogen and oxygen atoms in total. The maximum atomic E-state index is 6.65. The molecule has 0 amide bonds. The lowest BCUT2D eigenvalue weighted by Crippen LogP contribution is -2.31. The lowest BCUT2D eigenvalue weighted by atomic mass is 9.82. The standard InChI is InChI=1S/C30H28NO/c1-17-11-12-21-23-14-22-20-9-7-8-10-24(20)30(4,5)25(22)15-27(23)32-29(21)28(17)26-13-18(2)19(3)16-31(26)6/h7-16H,1-6H3/q+1. The van der Waals surface area contributed by atoms with E-state index in [1.165, 1.54) is 61.0 Å². The highest BCUT2D eigenvalue weighted by atomic mass is 16.3. The Morgan fingerprint density at radius 2 is 1.53 bits per heavy atom. The first-order valence-corrected chi connectivity index (χ1v) is 11.3. The van der Waals surface area contributed by atoms with Crippen LogP contribution in [0.5, 0.6) is 0 Å². The first-order chi connectivity index (χ1) is 15.3. The van der Waals surface area contributed by atoms with Crippen molar-refractivity contribution in [1.82, 2.24) is 0 Å². The average Bonchev–Trinajstić information content (AvgIpc) is 3.23. The molecule has 0 radical (unpaired) electrons. The van der Waals surface area contributed by atoms with Gasteiger partial charge in [-0.1, -0.05) is 50.2 Å². The highest BCUT2D eigenvalue weighted by molar-refractivity contribution is 6.11. The Bertz CT molecular complexity index is 1580. The van der Waals surface area contributed by atoms with Gasteiger partial charge in [0.2, 0.25) is 5.69 Å². The molecule has 158 valence electrons. The molecule has 1 aliphatic rings. The fourth-order valence-corrected chi connectivity index (χ4v) is 5.58. The minimum Gasteiger partial charge on any atom is -0.455 e. The summed E-state index contributed by atoms with van der Waals surface area (Å²) in [6, 6.07) is 20.2. The van der Waals surface area contributed by atoms with Crippen LogP contribution in [-0.2, 0) is 12.5 Å². The van der Waals surface area contributed by atoms with Gasteiger partial charge in [-0.15, -0.1) is 0 Å². The van der Waals surface area contributed by atoms with Gasteiger partial charge in [0.25, 0.3) is 0 Å². The van der Waals surface area contributed by atoms with Crippen molar-refractivity contribution in [2.45, 2.75) is 40.0 Å². The van der Waals surface area contributed by atoms with Crippen molar-refractivity contribution in [1.29, 1.82) is 0 Å². The van der Waals surface area contributed by atoms with Crippen LogP contribution in [0.15, 0.2) is 65.2 Å². The van der Waals surface area contributed by atoms with Crippen LogP contribution in [-0.4, -0.2) is 0 Å². The van der Waals surface area contributed by atoms with Gasteiger partial charge in [0.05, 0.1) is 5.56 Å². The van der Waals surface area contributed by atoms with Gasteiger partial charge >= 0.3 is 0 Å². The van der Waals surface area contributed by atoms with Gasteiger partial charge < -0.3 is 4.42 Å². The van der Waals surface area contributed by atoms with Crippen LogP contribution in [0.1, 0.15) is 41.7 Å². The zero-order valence-corrected chi connectivity index (χ0v) is 19.6. The van der Waals surface area contributed by atoms with E-state index in [1.54, 1.807) is 0 Å². The third-order valence-electron chi connectivity index (χ3n) is 7.55. The van der Waals surface area contributed by atoms with Crippen molar-refractivity contribution in [2.75, 3.05) is 0 Å². The molecule has 2 heterocycles. The lowest BCUT2D eigenvalue weighted by Gasteiger charge is -2.21. The Hall–Kier alpha value is -3.39. The predicted octanol–water partition coefficient (Wildman–Crippen LogP) is 7.31. The van der Waals surface area contributed by atoms with Gasteiger partial charge in [-0.25, -0.2) is 4.57 Å². The Labute approximate surface area is 189 Å². The van der Waals surface area contributed by atoms with Gasteiger partial charge in [0.1, 0.15) is 18.2 Å². The summed E-state index contributed by atoms with van der Waals surface area (Å²) < 4.78 is 8.87. The number of hydrogen-bond donors (Lipinski definition) is 0. The first-order valence-electron chi connectivity index (χ1n) is 11.3. The normalized spacial score (nSPS) is 14.2. The molecule has 32 heavy (non-hydrogen) atoms. The van der Waals surface area contributed by atoms with Crippen LogP contribution < -0.4 is 4.57 Å². The zero-order chi connectivity index (χ0) is 22.4. The number of aryl methyl sites for hydroxylation is 4. The molecule has 0 unspecified atom stereocenters. The summed E-state index contributed by atoms with van der Waals surface area (Å²) in [5.41, 5.74) is 13.5. The molecular formula is C30H28NO+. The van der Waals surface area contributed by atoms with E-state index in [0.717, 1.165) is 11.2 Å². The number of rotatable bonds is 1. The lowest BCUT2D eigenvalue weighted by molar-refractivity contribution is -0.660. The highest BCUT2D eigenvalue weighted by Crippen LogP contribution is 2.51. The van der Waals surface area contributed by atoms with Crippen molar-refractivity contribution >= 4 is 21.9 Å². The second kappa shape index (κ2) is 6.32. The Balaban J connectivity index is 1.70. The fourth-order valence-electron chi connectivity index (χ4n) is 5.58. The molecule has 0 spiro atoms. The Morgan fingerprint density at radius 3 is 2.34 bits per heavy atom. The number of hydrogen-bond acceptors (Lipinski definition) is 1. The summed E-state index contributed by atoms with van der Waals surface area (Å²) >= 11 is 0. The smallest absolute Gasteiger partial charge is 0.216 e. The predicted molar refractivity (Wildman–Crippen MR) is 132 cm³/mol. The summed E-state index contributed by atoms with van der Waals surface area (Å²) in [5, 5.41) is 2.38. The van der Waals surface area contributed by atoms with Gasteiger partial charge in [-0.05, 0) is 66.3 Å². The maximum Gasteiger partial charge on any atom is 0.216 e. The number of furan rings is 1. The van der Waals surface area contributed by atoms with Crippen LogP contribution in [0, 0.1) is 20.8 Å². The monoisotopic (exact) mass is 418 g/mol. The van der Waals surface area contributed by atoms with Gasteiger partial charge in [0, 0.05) is 27.8 Å². The first kappa shape index (κ1) is 19.3. The number of benzene rings is 3. The molecule has 5 aromatic rings. The van der Waals surface area contributed by atoms with E-state index in [-0.39, 0.29) is 5.41 Å². The molecule has 0 saturated carbocycles. The molecule has 2 heteroatoms. The van der Waals surface area contributed by atoms with Gasteiger partial charge in [-0.3, -0.25) is 0 Å². The molecule has 1 aliphatic carbocycles.